The van der Waals surface area contributed by atoms with Crippen LogP contribution in [0.3, 0.4) is 0 Å². The van der Waals surface area contributed by atoms with Crippen molar-refractivity contribution in [1.82, 2.24) is 10.6 Å². The molecule has 0 spiro atoms. The second-order valence-corrected chi connectivity index (χ2v) is 8.00. The number of hydrogen-bond donors (Lipinski definition) is 2. The molecule has 2 fully saturated rings. The molecule has 2 N–H and O–H groups in total. The predicted octanol–water partition coefficient (Wildman–Crippen LogP) is 3.44. The molecule has 0 radical (unpaired) electrons. The van der Waals surface area contributed by atoms with Gasteiger partial charge in [0.25, 0.3) is 0 Å². The van der Waals surface area contributed by atoms with Crippen LogP contribution in [0.25, 0.3) is 0 Å². The molecule has 1 aromatic carbocycles. The highest BCUT2D eigenvalue weighted by atomic mass is 16.5. The molecule has 0 bridgehead atoms. The summed E-state index contributed by atoms with van der Waals surface area (Å²) < 4.78 is 11.3. The number of methoxy groups -OCH3 is 1. The summed E-state index contributed by atoms with van der Waals surface area (Å²) in [5, 5.41) is 6.71. The molecule has 1 heterocycles. The van der Waals surface area contributed by atoms with E-state index in [0.717, 1.165) is 43.7 Å². The molecule has 26 heavy (non-hydrogen) atoms. The van der Waals surface area contributed by atoms with E-state index in [1.807, 2.05) is 39.0 Å². The summed E-state index contributed by atoms with van der Waals surface area (Å²) in [7, 11) is 1.64. The first-order valence-electron chi connectivity index (χ1n) is 9.82. The van der Waals surface area contributed by atoms with Crippen LogP contribution in [0.15, 0.2) is 18.2 Å². The third kappa shape index (κ3) is 3.68. The Bertz CT molecular complexity index is 646. The standard InChI is InChI=1S/C21H32N2O3/c1-14(2)26-18-9-8-16(11-19(18)25-4)15(3)23-20(24)21-10-6-5-7-17(21)12-22-13-21/h8-9,11,14-15,17,22H,5-7,10,12-13H2,1-4H3,(H,23,24)/t15?,17-,21+/m0/s1. The van der Waals surface area contributed by atoms with Crippen molar-refractivity contribution < 1.29 is 14.3 Å². The maximum absolute atomic E-state index is 13.1. The molecule has 1 aliphatic carbocycles. The zero-order valence-electron chi connectivity index (χ0n) is 16.4. The SMILES string of the molecule is COc1cc(C(C)NC(=O)[C@@]23CCCC[C@H]2CNC3)ccc1OC(C)C. The number of nitrogens with one attached hydrogen (secondary N) is 2. The van der Waals surface area contributed by atoms with Crippen molar-refractivity contribution in [3.8, 4) is 11.5 Å². The molecule has 3 rings (SSSR count). The number of carbonyl (C=O) groups is 1. The van der Waals surface area contributed by atoms with Crippen molar-refractivity contribution in [3.63, 3.8) is 0 Å². The van der Waals surface area contributed by atoms with Crippen LogP contribution < -0.4 is 20.1 Å². The van der Waals surface area contributed by atoms with Gasteiger partial charge in [0.1, 0.15) is 0 Å². The Kier molecular flexibility index (Phi) is 5.76. The summed E-state index contributed by atoms with van der Waals surface area (Å²) in [6, 6.07) is 5.83. The number of carbonyl (C=O) groups excluding carboxylic acids is 1. The topological polar surface area (TPSA) is 59.6 Å². The second-order valence-electron chi connectivity index (χ2n) is 8.00. The van der Waals surface area contributed by atoms with Crippen LogP contribution in [-0.2, 0) is 4.79 Å². The normalized spacial score (nSPS) is 26.3. The lowest BCUT2D eigenvalue weighted by Gasteiger charge is -2.38. The third-order valence-corrected chi connectivity index (χ3v) is 5.89. The van der Waals surface area contributed by atoms with Gasteiger partial charge in [-0.3, -0.25) is 4.79 Å². The Hall–Kier alpha value is -1.75. The molecule has 1 aromatic rings. The van der Waals surface area contributed by atoms with Gasteiger partial charge in [-0.1, -0.05) is 18.9 Å². The molecule has 1 amide bonds. The molecule has 1 aliphatic heterocycles. The first-order chi connectivity index (χ1) is 12.5. The summed E-state index contributed by atoms with van der Waals surface area (Å²) in [6.07, 6.45) is 4.63. The summed E-state index contributed by atoms with van der Waals surface area (Å²) >= 11 is 0. The summed E-state index contributed by atoms with van der Waals surface area (Å²) in [6.45, 7) is 7.79. The van der Waals surface area contributed by atoms with Gasteiger partial charge in [-0.05, 0) is 63.8 Å². The van der Waals surface area contributed by atoms with Crippen LogP contribution in [-0.4, -0.2) is 32.2 Å². The quantitative estimate of drug-likeness (QED) is 0.816. The van der Waals surface area contributed by atoms with Crippen molar-refractivity contribution >= 4 is 5.91 Å². The van der Waals surface area contributed by atoms with Crippen molar-refractivity contribution in [2.75, 3.05) is 20.2 Å². The maximum Gasteiger partial charge on any atom is 0.228 e. The van der Waals surface area contributed by atoms with Gasteiger partial charge in [0.2, 0.25) is 5.91 Å². The Morgan fingerprint density at radius 2 is 2.08 bits per heavy atom. The van der Waals surface area contributed by atoms with Gasteiger partial charge in [-0.25, -0.2) is 0 Å². The van der Waals surface area contributed by atoms with Gasteiger partial charge in [0.15, 0.2) is 11.5 Å². The molecular formula is C21H32N2O3. The van der Waals surface area contributed by atoms with Crippen molar-refractivity contribution in [2.45, 2.75) is 58.6 Å². The number of fused-ring (bicyclic) bond motifs is 1. The molecule has 2 aliphatic rings. The largest absolute Gasteiger partial charge is 0.493 e. The maximum atomic E-state index is 13.1. The monoisotopic (exact) mass is 360 g/mol. The van der Waals surface area contributed by atoms with E-state index in [-0.39, 0.29) is 23.5 Å². The minimum atomic E-state index is -0.225. The third-order valence-electron chi connectivity index (χ3n) is 5.89. The fourth-order valence-electron chi connectivity index (χ4n) is 4.42. The highest BCUT2D eigenvalue weighted by Crippen LogP contribution is 2.44. The van der Waals surface area contributed by atoms with Gasteiger partial charge in [-0.15, -0.1) is 0 Å². The molecule has 144 valence electrons. The highest BCUT2D eigenvalue weighted by molar-refractivity contribution is 5.84. The Balaban J connectivity index is 1.73. The minimum absolute atomic E-state index is 0.0675. The lowest BCUT2D eigenvalue weighted by atomic mass is 9.67. The number of amides is 1. The predicted molar refractivity (Wildman–Crippen MR) is 103 cm³/mol. The van der Waals surface area contributed by atoms with E-state index in [9.17, 15) is 4.79 Å². The Labute approximate surface area is 156 Å². The first-order valence-corrected chi connectivity index (χ1v) is 9.82. The second kappa shape index (κ2) is 7.87. The number of rotatable bonds is 6. The van der Waals surface area contributed by atoms with Gasteiger partial charge < -0.3 is 20.1 Å². The molecule has 3 atom stereocenters. The fourth-order valence-corrected chi connectivity index (χ4v) is 4.42. The molecule has 0 aromatic heterocycles. The van der Waals surface area contributed by atoms with Crippen molar-refractivity contribution in [3.05, 3.63) is 23.8 Å². The summed E-state index contributed by atoms with van der Waals surface area (Å²) in [4.78, 5) is 13.1. The first kappa shape index (κ1) is 19.0. The highest BCUT2D eigenvalue weighted by Gasteiger charge is 2.50. The van der Waals surface area contributed by atoms with Crippen LogP contribution in [0.5, 0.6) is 11.5 Å². The molecule has 1 saturated carbocycles. The molecule has 1 saturated heterocycles. The van der Waals surface area contributed by atoms with Gasteiger partial charge in [0, 0.05) is 6.54 Å². The number of benzene rings is 1. The van der Waals surface area contributed by atoms with Crippen molar-refractivity contribution in [2.24, 2.45) is 11.3 Å². The molecular weight excluding hydrogens is 328 g/mol. The zero-order chi connectivity index (χ0) is 18.7. The Morgan fingerprint density at radius 1 is 1.27 bits per heavy atom. The molecule has 5 nitrogen and oxygen atoms in total. The van der Waals surface area contributed by atoms with Crippen molar-refractivity contribution in [1.29, 1.82) is 0 Å². The smallest absolute Gasteiger partial charge is 0.228 e. The summed E-state index contributed by atoms with van der Waals surface area (Å²) in [5.41, 5.74) is 0.804. The van der Waals surface area contributed by atoms with E-state index < -0.39 is 0 Å². The van der Waals surface area contributed by atoms with Crippen LogP contribution in [0.2, 0.25) is 0 Å². The van der Waals surface area contributed by atoms with E-state index in [0.29, 0.717) is 11.7 Å². The fraction of sp³-hybridized carbons (Fsp3) is 0.667. The van der Waals surface area contributed by atoms with E-state index >= 15 is 0 Å². The lowest BCUT2D eigenvalue weighted by Crippen LogP contribution is -2.48. The van der Waals surface area contributed by atoms with Crippen LogP contribution >= 0.6 is 0 Å². The van der Waals surface area contributed by atoms with E-state index in [1.54, 1.807) is 7.11 Å². The van der Waals surface area contributed by atoms with E-state index in [4.69, 9.17) is 9.47 Å². The van der Waals surface area contributed by atoms with Crippen LogP contribution in [0.4, 0.5) is 0 Å². The number of hydrogen-bond acceptors (Lipinski definition) is 4. The average Bonchev–Trinajstić information content (AvgIpc) is 3.06. The number of ether oxygens (including phenoxy) is 2. The molecule has 5 heteroatoms. The molecule has 1 unspecified atom stereocenters. The minimum Gasteiger partial charge on any atom is -0.493 e. The van der Waals surface area contributed by atoms with Crippen LogP contribution in [0.1, 0.15) is 58.1 Å². The Morgan fingerprint density at radius 3 is 2.81 bits per heavy atom. The average molecular weight is 360 g/mol. The van der Waals surface area contributed by atoms with Gasteiger partial charge in [0.05, 0.1) is 24.7 Å². The van der Waals surface area contributed by atoms with Gasteiger partial charge in [-0.2, -0.15) is 0 Å². The summed E-state index contributed by atoms with van der Waals surface area (Å²) in [5.74, 6) is 2.10. The zero-order valence-corrected chi connectivity index (χ0v) is 16.4. The van der Waals surface area contributed by atoms with Crippen LogP contribution in [0, 0.1) is 11.3 Å². The van der Waals surface area contributed by atoms with E-state index in [1.165, 1.54) is 6.42 Å². The van der Waals surface area contributed by atoms with Gasteiger partial charge >= 0.3 is 0 Å². The lowest BCUT2D eigenvalue weighted by molar-refractivity contribution is -0.134. The van der Waals surface area contributed by atoms with E-state index in [2.05, 4.69) is 10.6 Å².